The number of benzene rings is 2. The summed E-state index contributed by atoms with van der Waals surface area (Å²) in [6, 6.07) is 12.7. The molecule has 3 aromatic rings. The summed E-state index contributed by atoms with van der Waals surface area (Å²) < 4.78 is 6.15. The zero-order valence-corrected chi connectivity index (χ0v) is 15.7. The number of aryl methyl sites for hydroxylation is 1. The molecule has 0 radical (unpaired) electrons. The van der Waals surface area contributed by atoms with Crippen molar-refractivity contribution in [3.8, 4) is 0 Å². The SMILES string of the molecule is Cc1ccccc1/C(=C\N(C)C=O)c1cc([N+](=O)[O-])cc2cc(C3CC3)oc12. The number of furan rings is 1. The minimum absolute atomic E-state index is 0.00103. The van der Waals surface area contributed by atoms with E-state index in [1.54, 1.807) is 19.3 Å². The van der Waals surface area contributed by atoms with E-state index in [0.717, 1.165) is 29.7 Å². The Morgan fingerprint density at radius 3 is 2.61 bits per heavy atom. The molecule has 142 valence electrons. The molecule has 1 aliphatic rings. The summed E-state index contributed by atoms with van der Waals surface area (Å²) in [7, 11) is 1.64. The minimum atomic E-state index is -0.397. The first-order valence-electron chi connectivity index (χ1n) is 9.15. The summed E-state index contributed by atoms with van der Waals surface area (Å²) >= 11 is 0. The largest absolute Gasteiger partial charge is 0.460 e. The van der Waals surface area contributed by atoms with Crippen LogP contribution in [0.25, 0.3) is 16.5 Å². The van der Waals surface area contributed by atoms with Crippen molar-refractivity contribution in [2.24, 2.45) is 0 Å². The zero-order chi connectivity index (χ0) is 19.8. The van der Waals surface area contributed by atoms with Gasteiger partial charge in [0, 0.05) is 47.8 Å². The van der Waals surface area contributed by atoms with Crippen LogP contribution in [-0.2, 0) is 4.79 Å². The van der Waals surface area contributed by atoms with Gasteiger partial charge in [-0.3, -0.25) is 14.9 Å². The number of rotatable bonds is 6. The molecule has 1 aromatic heterocycles. The highest BCUT2D eigenvalue weighted by Gasteiger charge is 2.29. The topological polar surface area (TPSA) is 76.6 Å². The van der Waals surface area contributed by atoms with Gasteiger partial charge in [0.1, 0.15) is 11.3 Å². The first-order chi connectivity index (χ1) is 13.5. The van der Waals surface area contributed by atoms with Crippen LogP contribution < -0.4 is 0 Å². The molecule has 1 heterocycles. The first-order valence-corrected chi connectivity index (χ1v) is 9.15. The average molecular weight is 376 g/mol. The third-order valence-electron chi connectivity index (χ3n) is 5.04. The average Bonchev–Trinajstić information content (AvgIpc) is 3.44. The molecule has 1 aliphatic carbocycles. The Morgan fingerprint density at radius 1 is 1.21 bits per heavy atom. The Balaban J connectivity index is 2.01. The van der Waals surface area contributed by atoms with Crippen LogP contribution in [0.3, 0.4) is 0 Å². The van der Waals surface area contributed by atoms with Gasteiger partial charge in [-0.1, -0.05) is 24.3 Å². The molecule has 0 unspecified atom stereocenters. The van der Waals surface area contributed by atoms with Gasteiger partial charge < -0.3 is 9.32 Å². The van der Waals surface area contributed by atoms with E-state index in [-0.39, 0.29) is 5.69 Å². The third-order valence-corrected chi connectivity index (χ3v) is 5.04. The molecule has 1 amide bonds. The zero-order valence-electron chi connectivity index (χ0n) is 15.7. The summed E-state index contributed by atoms with van der Waals surface area (Å²) in [6.45, 7) is 1.97. The van der Waals surface area contributed by atoms with Gasteiger partial charge in [-0.2, -0.15) is 0 Å². The quantitative estimate of drug-likeness (QED) is 0.344. The van der Waals surface area contributed by atoms with Crippen LogP contribution in [0.1, 0.15) is 41.2 Å². The van der Waals surface area contributed by atoms with Crippen molar-refractivity contribution in [2.45, 2.75) is 25.7 Å². The molecular formula is C22H20N2O4. The van der Waals surface area contributed by atoms with Crippen LogP contribution in [0.15, 0.2) is 53.1 Å². The Morgan fingerprint density at radius 2 is 1.96 bits per heavy atom. The first kappa shape index (κ1) is 18.0. The second-order valence-electron chi connectivity index (χ2n) is 7.22. The summed E-state index contributed by atoms with van der Waals surface area (Å²) in [5.41, 5.74) is 3.82. The summed E-state index contributed by atoms with van der Waals surface area (Å²) in [5.74, 6) is 1.26. The normalized spacial score (nSPS) is 14.3. The fourth-order valence-corrected chi connectivity index (χ4v) is 3.43. The Kier molecular flexibility index (Phi) is 4.47. The van der Waals surface area contributed by atoms with Gasteiger partial charge in [0.15, 0.2) is 0 Å². The number of hydrogen-bond acceptors (Lipinski definition) is 4. The minimum Gasteiger partial charge on any atom is -0.460 e. The Labute approximate surface area is 162 Å². The maximum atomic E-state index is 11.5. The van der Waals surface area contributed by atoms with Gasteiger partial charge in [-0.05, 0) is 37.0 Å². The van der Waals surface area contributed by atoms with Crippen molar-refractivity contribution in [2.75, 3.05) is 7.05 Å². The van der Waals surface area contributed by atoms with Crippen molar-refractivity contribution in [3.63, 3.8) is 0 Å². The van der Waals surface area contributed by atoms with E-state index in [4.69, 9.17) is 4.42 Å². The van der Waals surface area contributed by atoms with E-state index in [1.807, 2.05) is 37.3 Å². The van der Waals surface area contributed by atoms with E-state index in [1.165, 1.54) is 11.0 Å². The van der Waals surface area contributed by atoms with Crippen LogP contribution in [0, 0.1) is 17.0 Å². The number of hydrogen-bond donors (Lipinski definition) is 0. The molecule has 0 atom stereocenters. The number of amides is 1. The molecule has 0 spiro atoms. The lowest BCUT2D eigenvalue weighted by Gasteiger charge is -2.14. The van der Waals surface area contributed by atoms with Crippen molar-refractivity contribution in [1.29, 1.82) is 0 Å². The van der Waals surface area contributed by atoms with E-state index in [9.17, 15) is 14.9 Å². The van der Waals surface area contributed by atoms with E-state index < -0.39 is 4.92 Å². The van der Waals surface area contributed by atoms with Crippen molar-refractivity contribution < 1.29 is 14.1 Å². The standard InChI is InChI=1S/C22H20N2O4/c1-14-5-3-4-6-18(14)20(12-23(2)13-25)19-11-17(24(26)27)9-16-10-21(15-7-8-15)28-22(16)19/h3-6,9-13,15H,7-8H2,1-2H3/b20-12+. The van der Waals surface area contributed by atoms with Gasteiger partial charge in [0.05, 0.1) is 4.92 Å². The molecule has 1 saturated carbocycles. The van der Waals surface area contributed by atoms with Gasteiger partial charge in [-0.15, -0.1) is 0 Å². The van der Waals surface area contributed by atoms with Crippen molar-refractivity contribution in [1.82, 2.24) is 4.90 Å². The summed E-state index contributed by atoms with van der Waals surface area (Å²) in [4.78, 5) is 23.8. The van der Waals surface area contributed by atoms with Crippen molar-refractivity contribution >= 4 is 28.6 Å². The maximum Gasteiger partial charge on any atom is 0.270 e. The number of fused-ring (bicyclic) bond motifs is 1. The lowest BCUT2D eigenvalue weighted by molar-refractivity contribution is -0.384. The fraction of sp³-hybridized carbons (Fsp3) is 0.227. The number of nitro groups is 1. The lowest BCUT2D eigenvalue weighted by Crippen LogP contribution is -2.09. The molecule has 6 heteroatoms. The number of carbonyl (C=O) groups is 1. The van der Waals surface area contributed by atoms with Crippen molar-refractivity contribution in [3.05, 3.63) is 81.2 Å². The summed E-state index contributed by atoms with van der Waals surface area (Å²) in [6.07, 6.45) is 4.54. The Bertz CT molecular complexity index is 1110. The highest BCUT2D eigenvalue weighted by Crippen LogP contribution is 2.44. The number of carbonyl (C=O) groups excluding carboxylic acids is 1. The van der Waals surface area contributed by atoms with Crippen LogP contribution in [0.2, 0.25) is 0 Å². The van der Waals surface area contributed by atoms with Crippen LogP contribution in [-0.4, -0.2) is 23.3 Å². The molecule has 1 fully saturated rings. The predicted octanol–water partition coefficient (Wildman–Crippen LogP) is 5.00. The number of nitro benzene ring substituents is 1. The molecule has 2 aromatic carbocycles. The molecule has 0 saturated heterocycles. The van der Waals surface area contributed by atoms with Gasteiger partial charge in [0.25, 0.3) is 5.69 Å². The molecular weight excluding hydrogens is 356 g/mol. The Hall–Kier alpha value is -3.41. The highest BCUT2D eigenvalue weighted by atomic mass is 16.6. The molecule has 0 bridgehead atoms. The molecule has 4 rings (SSSR count). The maximum absolute atomic E-state index is 11.5. The molecule has 0 N–H and O–H groups in total. The third kappa shape index (κ3) is 3.29. The monoisotopic (exact) mass is 376 g/mol. The number of non-ortho nitro benzene ring substituents is 1. The predicted molar refractivity (Wildman–Crippen MR) is 107 cm³/mol. The van der Waals surface area contributed by atoms with Crippen LogP contribution in [0.5, 0.6) is 0 Å². The fourth-order valence-electron chi connectivity index (χ4n) is 3.43. The van der Waals surface area contributed by atoms with E-state index in [0.29, 0.717) is 34.4 Å². The highest BCUT2D eigenvalue weighted by molar-refractivity contribution is 5.97. The van der Waals surface area contributed by atoms with Crippen LogP contribution in [0.4, 0.5) is 5.69 Å². The van der Waals surface area contributed by atoms with Gasteiger partial charge in [-0.25, -0.2) is 0 Å². The second kappa shape index (κ2) is 6.96. The second-order valence-corrected chi connectivity index (χ2v) is 7.22. The smallest absolute Gasteiger partial charge is 0.270 e. The van der Waals surface area contributed by atoms with Gasteiger partial charge in [0.2, 0.25) is 6.41 Å². The lowest BCUT2D eigenvalue weighted by atomic mass is 9.93. The summed E-state index contributed by atoms with van der Waals surface area (Å²) in [5, 5.41) is 12.3. The van der Waals surface area contributed by atoms with E-state index in [2.05, 4.69) is 0 Å². The van der Waals surface area contributed by atoms with Gasteiger partial charge >= 0.3 is 0 Å². The van der Waals surface area contributed by atoms with Crippen LogP contribution >= 0.6 is 0 Å². The molecule has 6 nitrogen and oxygen atoms in total. The number of nitrogens with zero attached hydrogens (tertiary/aromatic N) is 2. The molecule has 0 aliphatic heterocycles. The van der Waals surface area contributed by atoms with E-state index >= 15 is 0 Å². The molecule has 28 heavy (non-hydrogen) atoms.